The molecule has 3 aromatic heterocycles. The Kier molecular flexibility index (Phi) is 7.45. The summed E-state index contributed by atoms with van der Waals surface area (Å²) >= 11 is 1.56. The van der Waals surface area contributed by atoms with E-state index in [0.29, 0.717) is 0 Å². The normalized spacial score (nSPS) is 15.8. The van der Waals surface area contributed by atoms with Crippen LogP contribution in [0.4, 0.5) is 5.69 Å². The summed E-state index contributed by atoms with van der Waals surface area (Å²) in [7, 11) is 1.72. The topological polar surface area (TPSA) is 108 Å². The Balaban J connectivity index is 1.40. The van der Waals surface area contributed by atoms with Gasteiger partial charge in [-0.2, -0.15) is 0 Å². The van der Waals surface area contributed by atoms with Crippen LogP contribution >= 0.6 is 11.8 Å². The van der Waals surface area contributed by atoms with Crippen molar-refractivity contribution >= 4 is 45.8 Å². The zero-order chi connectivity index (χ0) is 24.9. The highest BCUT2D eigenvalue weighted by atomic mass is 32.2. The number of rotatable bonds is 7. The number of aliphatic imine (C=N–C) groups is 1. The molecule has 0 saturated carbocycles. The van der Waals surface area contributed by atoms with Gasteiger partial charge in [0.2, 0.25) is 0 Å². The van der Waals surface area contributed by atoms with Crippen LogP contribution in [0.3, 0.4) is 0 Å². The van der Waals surface area contributed by atoms with Crippen molar-refractivity contribution in [3.8, 4) is 0 Å². The number of allylic oxidation sites excluding steroid dienone is 1. The van der Waals surface area contributed by atoms with Gasteiger partial charge in [0, 0.05) is 73.3 Å². The number of nitrogens with two attached hydrogens (primary N) is 1. The van der Waals surface area contributed by atoms with E-state index in [4.69, 9.17) is 10.7 Å². The molecule has 3 N–H and O–H groups in total. The molecule has 0 bridgehead atoms. The fourth-order valence-corrected chi connectivity index (χ4v) is 5.36. The monoisotopic (exact) mass is 502 g/mol. The molecule has 9 nitrogen and oxygen atoms in total. The van der Waals surface area contributed by atoms with Gasteiger partial charge in [-0.25, -0.2) is 0 Å². The summed E-state index contributed by atoms with van der Waals surface area (Å²) in [5, 5.41) is 19.9. The maximum Gasteiger partial charge on any atom is 0.200 e. The zero-order valence-corrected chi connectivity index (χ0v) is 21.1. The maximum absolute atomic E-state index is 9.27. The van der Waals surface area contributed by atoms with Crippen LogP contribution in [0.5, 0.6) is 0 Å². The maximum atomic E-state index is 9.27. The van der Waals surface area contributed by atoms with E-state index in [1.54, 1.807) is 31.2 Å². The van der Waals surface area contributed by atoms with E-state index in [9.17, 15) is 5.11 Å². The van der Waals surface area contributed by atoms with E-state index in [1.807, 2.05) is 28.9 Å². The molecule has 0 aliphatic carbocycles. The molecule has 1 aromatic carbocycles. The van der Waals surface area contributed by atoms with Gasteiger partial charge in [0.25, 0.3) is 0 Å². The molecule has 1 aliphatic rings. The standard InChI is InChI=1S/C26H30N8OS/c1-28-16-21(15-27)19-3-6-25-30-31-26(34(25)18-19)36-23-4-5-24-20(14-23)13-22(17-29-24)33-8-2-7-32(9-10-33)11-12-35/h3-6,13-18,35H,2,7-12,27H2,1H3. The van der Waals surface area contributed by atoms with E-state index < -0.39 is 0 Å². The molecule has 10 heteroatoms. The van der Waals surface area contributed by atoms with Crippen molar-refractivity contribution in [2.45, 2.75) is 16.5 Å². The third-order valence-electron chi connectivity index (χ3n) is 6.37. The smallest absolute Gasteiger partial charge is 0.200 e. The summed E-state index contributed by atoms with van der Waals surface area (Å²) < 4.78 is 1.97. The molecule has 1 fully saturated rings. The lowest BCUT2D eigenvalue weighted by Gasteiger charge is -2.23. The van der Waals surface area contributed by atoms with Crippen LogP contribution < -0.4 is 10.6 Å². The average Bonchev–Trinajstić information content (AvgIpc) is 3.14. The van der Waals surface area contributed by atoms with Crippen molar-refractivity contribution < 1.29 is 5.11 Å². The Bertz CT molecular complexity index is 1420. The first kappa shape index (κ1) is 24.2. The Labute approximate surface area is 214 Å². The minimum Gasteiger partial charge on any atom is -0.404 e. The van der Waals surface area contributed by atoms with E-state index in [0.717, 1.165) is 82.6 Å². The predicted octanol–water partition coefficient (Wildman–Crippen LogP) is 2.93. The molecule has 1 aliphatic heterocycles. The Morgan fingerprint density at radius 2 is 2.06 bits per heavy atom. The number of hydrogen-bond acceptors (Lipinski definition) is 9. The first-order chi connectivity index (χ1) is 17.7. The van der Waals surface area contributed by atoms with Crippen molar-refractivity contribution in [2.24, 2.45) is 10.7 Å². The summed E-state index contributed by atoms with van der Waals surface area (Å²) in [6.07, 6.45) is 8.31. The summed E-state index contributed by atoms with van der Waals surface area (Å²) in [5.41, 5.74) is 10.4. The predicted molar refractivity (Wildman–Crippen MR) is 146 cm³/mol. The number of aliphatic hydroxyl groups is 1. The molecule has 0 amide bonds. The van der Waals surface area contributed by atoms with Gasteiger partial charge in [-0.1, -0.05) is 0 Å². The molecule has 5 rings (SSSR count). The lowest BCUT2D eigenvalue weighted by molar-refractivity contribution is 0.204. The number of β-amino-alcohol motifs (C(OH)–C–C–N with tert-alkyl or cyclic N) is 1. The molecule has 0 spiro atoms. The van der Waals surface area contributed by atoms with E-state index in [2.05, 4.69) is 49.3 Å². The quantitative estimate of drug-likeness (QED) is 0.372. The van der Waals surface area contributed by atoms with Crippen molar-refractivity contribution in [3.05, 3.63) is 60.6 Å². The number of anilines is 1. The second-order valence-electron chi connectivity index (χ2n) is 8.69. The van der Waals surface area contributed by atoms with Gasteiger partial charge in [-0.15, -0.1) is 10.2 Å². The number of fused-ring (bicyclic) bond motifs is 2. The number of aromatic nitrogens is 4. The van der Waals surface area contributed by atoms with Crippen LogP contribution in [0.25, 0.3) is 22.1 Å². The second kappa shape index (κ2) is 11.1. The fourth-order valence-electron chi connectivity index (χ4n) is 4.50. The number of hydrogen-bond donors (Lipinski definition) is 2. The third-order valence-corrected chi connectivity index (χ3v) is 7.32. The molecule has 0 unspecified atom stereocenters. The highest BCUT2D eigenvalue weighted by molar-refractivity contribution is 7.99. The third kappa shape index (κ3) is 5.20. The molecular weight excluding hydrogens is 472 g/mol. The van der Waals surface area contributed by atoms with Gasteiger partial charge in [0.1, 0.15) is 0 Å². The summed E-state index contributed by atoms with van der Waals surface area (Å²) in [6.45, 7) is 4.82. The van der Waals surface area contributed by atoms with Crippen molar-refractivity contribution in [3.63, 3.8) is 0 Å². The van der Waals surface area contributed by atoms with Gasteiger partial charge in [0.15, 0.2) is 10.8 Å². The molecule has 1 saturated heterocycles. The van der Waals surface area contributed by atoms with Gasteiger partial charge in [0.05, 0.1) is 24.0 Å². The van der Waals surface area contributed by atoms with Crippen molar-refractivity contribution in [2.75, 3.05) is 51.3 Å². The first-order valence-electron chi connectivity index (χ1n) is 12.0. The number of benzene rings is 1. The van der Waals surface area contributed by atoms with Crippen LogP contribution in [-0.4, -0.2) is 82.2 Å². The molecular formula is C26H30N8OS. The second-order valence-corrected chi connectivity index (χ2v) is 9.73. The largest absolute Gasteiger partial charge is 0.404 e. The van der Waals surface area contributed by atoms with Crippen LogP contribution in [0, 0.1) is 0 Å². The van der Waals surface area contributed by atoms with E-state index in [1.165, 1.54) is 0 Å². The minimum absolute atomic E-state index is 0.207. The fraction of sp³-hybridized carbons (Fsp3) is 0.308. The SMILES string of the molecule is CN=CC(=CN)c1ccc2nnc(Sc3ccc4ncc(N5CCCN(CCO)CC5)cc4c3)n2c1. The number of pyridine rings is 2. The van der Waals surface area contributed by atoms with Gasteiger partial charge >= 0.3 is 0 Å². The van der Waals surface area contributed by atoms with E-state index in [-0.39, 0.29) is 6.61 Å². The first-order valence-corrected chi connectivity index (χ1v) is 12.8. The molecule has 186 valence electrons. The Morgan fingerprint density at radius 3 is 2.89 bits per heavy atom. The molecule has 36 heavy (non-hydrogen) atoms. The minimum atomic E-state index is 0.207. The van der Waals surface area contributed by atoms with Gasteiger partial charge in [-0.3, -0.25) is 19.3 Å². The summed E-state index contributed by atoms with van der Waals surface area (Å²) in [4.78, 5) is 14.6. The van der Waals surface area contributed by atoms with Crippen LogP contribution in [0.2, 0.25) is 0 Å². The Morgan fingerprint density at radius 1 is 1.14 bits per heavy atom. The average molecular weight is 503 g/mol. The zero-order valence-electron chi connectivity index (χ0n) is 20.3. The number of aliphatic hydroxyl groups excluding tert-OH is 1. The summed E-state index contributed by atoms with van der Waals surface area (Å²) in [6, 6.07) is 12.4. The molecule has 4 heterocycles. The van der Waals surface area contributed by atoms with Crippen molar-refractivity contribution in [1.82, 2.24) is 24.5 Å². The lowest BCUT2D eigenvalue weighted by Crippen LogP contribution is -2.32. The summed E-state index contributed by atoms with van der Waals surface area (Å²) in [5.74, 6) is 0. The molecule has 0 atom stereocenters. The lowest BCUT2D eigenvalue weighted by atomic mass is 10.1. The van der Waals surface area contributed by atoms with Gasteiger partial charge in [-0.05, 0) is 61.1 Å². The van der Waals surface area contributed by atoms with Crippen LogP contribution in [0.15, 0.2) is 70.0 Å². The van der Waals surface area contributed by atoms with Gasteiger partial charge < -0.3 is 15.7 Å². The van der Waals surface area contributed by atoms with Crippen LogP contribution in [-0.2, 0) is 0 Å². The highest BCUT2D eigenvalue weighted by Gasteiger charge is 2.16. The molecule has 0 radical (unpaired) electrons. The van der Waals surface area contributed by atoms with Crippen molar-refractivity contribution in [1.29, 1.82) is 0 Å². The number of nitrogens with zero attached hydrogens (tertiary/aromatic N) is 7. The van der Waals surface area contributed by atoms with Crippen LogP contribution in [0.1, 0.15) is 12.0 Å². The Hall–Kier alpha value is -3.47. The highest BCUT2D eigenvalue weighted by Crippen LogP contribution is 2.31. The molecule has 4 aromatic rings. The van der Waals surface area contributed by atoms with E-state index >= 15 is 0 Å².